The van der Waals surface area contributed by atoms with E-state index in [2.05, 4.69) is 12.2 Å². The van der Waals surface area contributed by atoms with E-state index in [0.29, 0.717) is 25.3 Å². The molecular formula is C20H36ClNO2. The number of nitrogens with one attached hydrogen (secondary N) is 1. The van der Waals surface area contributed by atoms with E-state index in [-0.39, 0.29) is 11.7 Å². The molecule has 0 spiro atoms. The smallest absolute Gasteiger partial charge is 0.220 e. The van der Waals surface area contributed by atoms with E-state index in [1.807, 2.05) is 6.08 Å². The molecule has 140 valence electrons. The SMILES string of the molecule is CCCCCCCC/C=C/C(=O)CCCCCCC(=O)NCCCl. The van der Waals surface area contributed by atoms with E-state index in [9.17, 15) is 9.59 Å². The summed E-state index contributed by atoms with van der Waals surface area (Å²) in [6, 6.07) is 0. The normalized spacial score (nSPS) is 11.1. The number of allylic oxidation sites excluding steroid dienone is 2. The van der Waals surface area contributed by atoms with Crippen LogP contribution in [0.1, 0.15) is 90.4 Å². The predicted molar refractivity (Wildman–Crippen MR) is 104 cm³/mol. The lowest BCUT2D eigenvalue weighted by Gasteiger charge is -2.02. The first-order valence-corrected chi connectivity index (χ1v) is 10.3. The molecule has 0 heterocycles. The van der Waals surface area contributed by atoms with Crippen molar-refractivity contribution in [1.82, 2.24) is 5.32 Å². The van der Waals surface area contributed by atoms with Crippen LogP contribution >= 0.6 is 11.6 Å². The van der Waals surface area contributed by atoms with E-state index in [1.54, 1.807) is 6.08 Å². The number of unbranched alkanes of at least 4 members (excludes halogenated alkanes) is 9. The van der Waals surface area contributed by atoms with Gasteiger partial charge in [0.15, 0.2) is 5.78 Å². The maximum Gasteiger partial charge on any atom is 0.220 e. The first-order chi connectivity index (χ1) is 11.7. The minimum absolute atomic E-state index is 0.0735. The summed E-state index contributed by atoms with van der Waals surface area (Å²) in [4.78, 5) is 23.1. The van der Waals surface area contributed by atoms with Crippen molar-refractivity contribution in [2.24, 2.45) is 0 Å². The van der Waals surface area contributed by atoms with Crippen LogP contribution in [0.4, 0.5) is 0 Å². The average Bonchev–Trinajstić information content (AvgIpc) is 2.58. The number of hydrogen-bond donors (Lipinski definition) is 1. The van der Waals surface area contributed by atoms with Gasteiger partial charge in [0.2, 0.25) is 5.91 Å². The number of carbonyl (C=O) groups excluding carboxylic acids is 2. The number of carbonyl (C=O) groups is 2. The Bertz CT molecular complexity index is 343. The summed E-state index contributed by atoms with van der Waals surface area (Å²) in [6.07, 6.45) is 17.6. The van der Waals surface area contributed by atoms with Gasteiger partial charge in [-0.1, -0.05) is 57.9 Å². The maximum absolute atomic E-state index is 11.7. The largest absolute Gasteiger partial charge is 0.355 e. The molecule has 0 aliphatic heterocycles. The van der Waals surface area contributed by atoms with Gasteiger partial charge in [-0.05, 0) is 31.8 Å². The van der Waals surface area contributed by atoms with Gasteiger partial charge in [0.1, 0.15) is 0 Å². The van der Waals surface area contributed by atoms with Crippen molar-refractivity contribution in [3.63, 3.8) is 0 Å². The van der Waals surface area contributed by atoms with Crippen LogP contribution in [0.2, 0.25) is 0 Å². The van der Waals surface area contributed by atoms with Crippen molar-refractivity contribution >= 4 is 23.3 Å². The second kappa shape index (κ2) is 18.5. The molecule has 0 saturated heterocycles. The number of hydrogen-bond acceptors (Lipinski definition) is 2. The van der Waals surface area contributed by atoms with Crippen LogP contribution in [0.3, 0.4) is 0 Å². The molecule has 24 heavy (non-hydrogen) atoms. The van der Waals surface area contributed by atoms with Crippen LogP contribution in [0.25, 0.3) is 0 Å². The van der Waals surface area contributed by atoms with Gasteiger partial charge in [-0.25, -0.2) is 0 Å². The van der Waals surface area contributed by atoms with Crippen molar-refractivity contribution < 1.29 is 9.59 Å². The highest BCUT2D eigenvalue weighted by molar-refractivity contribution is 6.18. The molecule has 0 bridgehead atoms. The molecule has 1 amide bonds. The molecule has 3 nitrogen and oxygen atoms in total. The van der Waals surface area contributed by atoms with Crippen molar-refractivity contribution in [2.45, 2.75) is 90.4 Å². The highest BCUT2D eigenvalue weighted by Gasteiger charge is 2.01. The summed E-state index contributed by atoms with van der Waals surface area (Å²) < 4.78 is 0. The van der Waals surface area contributed by atoms with Gasteiger partial charge in [-0.3, -0.25) is 9.59 Å². The molecule has 0 aromatic carbocycles. The average molecular weight is 358 g/mol. The number of ketones is 1. The lowest BCUT2D eigenvalue weighted by Crippen LogP contribution is -2.24. The summed E-state index contributed by atoms with van der Waals surface area (Å²) in [5.41, 5.74) is 0. The first-order valence-electron chi connectivity index (χ1n) is 9.72. The second-order valence-electron chi connectivity index (χ2n) is 6.38. The van der Waals surface area contributed by atoms with Crippen molar-refractivity contribution in [3.05, 3.63) is 12.2 Å². The summed E-state index contributed by atoms with van der Waals surface area (Å²) in [5, 5.41) is 2.75. The van der Waals surface area contributed by atoms with Gasteiger partial charge in [-0.15, -0.1) is 11.6 Å². The first kappa shape index (κ1) is 23.2. The molecule has 0 rings (SSSR count). The van der Waals surface area contributed by atoms with Crippen LogP contribution in [-0.2, 0) is 9.59 Å². The molecule has 0 saturated carbocycles. The molecule has 0 aromatic rings. The Morgan fingerprint density at radius 2 is 1.50 bits per heavy atom. The number of rotatable bonds is 17. The van der Waals surface area contributed by atoms with Crippen LogP contribution in [0.5, 0.6) is 0 Å². The zero-order valence-corrected chi connectivity index (χ0v) is 16.2. The minimum atomic E-state index is 0.0735. The molecule has 0 unspecified atom stereocenters. The third-order valence-electron chi connectivity index (χ3n) is 4.02. The summed E-state index contributed by atoms with van der Waals surface area (Å²) in [5.74, 6) is 0.769. The molecular weight excluding hydrogens is 322 g/mol. The summed E-state index contributed by atoms with van der Waals surface area (Å²) in [7, 11) is 0. The third-order valence-corrected chi connectivity index (χ3v) is 4.21. The van der Waals surface area contributed by atoms with Gasteiger partial charge in [-0.2, -0.15) is 0 Å². The lowest BCUT2D eigenvalue weighted by atomic mass is 10.1. The number of alkyl halides is 1. The molecule has 1 N–H and O–H groups in total. The van der Waals surface area contributed by atoms with Crippen molar-refractivity contribution in [1.29, 1.82) is 0 Å². The molecule has 0 aliphatic rings. The van der Waals surface area contributed by atoms with Gasteiger partial charge in [0, 0.05) is 25.3 Å². The Balaban J connectivity index is 3.37. The lowest BCUT2D eigenvalue weighted by molar-refractivity contribution is -0.121. The van der Waals surface area contributed by atoms with E-state index >= 15 is 0 Å². The van der Waals surface area contributed by atoms with Crippen LogP contribution in [0.15, 0.2) is 12.2 Å². The highest BCUT2D eigenvalue weighted by atomic mass is 35.5. The van der Waals surface area contributed by atoms with Crippen LogP contribution in [-0.4, -0.2) is 24.1 Å². The molecule has 0 fully saturated rings. The molecule has 4 heteroatoms. The summed E-state index contributed by atoms with van der Waals surface area (Å²) in [6.45, 7) is 2.77. The summed E-state index contributed by atoms with van der Waals surface area (Å²) >= 11 is 5.50. The van der Waals surface area contributed by atoms with Gasteiger partial charge in [0.25, 0.3) is 0 Å². The zero-order chi connectivity index (χ0) is 17.9. The highest BCUT2D eigenvalue weighted by Crippen LogP contribution is 2.08. The predicted octanol–water partition coefficient (Wildman–Crippen LogP) is 5.56. The Labute approximate surface area is 153 Å². The van der Waals surface area contributed by atoms with E-state index in [1.165, 1.54) is 38.5 Å². The third kappa shape index (κ3) is 17.5. The standard InChI is InChI=1S/C20H36ClNO2/c1-2-3-4-5-6-7-8-11-14-19(23)15-12-9-10-13-16-20(24)22-18-17-21/h11,14H,2-10,12-13,15-18H2,1H3,(H,22,24)/b14-11+. The Morgan fingerprint density at radius 3 is 2.21 bits per heavy atom. The number of halogens is 1. The Hall–Kier alpha value is -0.830. The van der Waals surface area contributed by atoms with E-state index in [4.69, 9.17) is 11.6 Å². The molecule has 0 aliphatic carbocycles. The van der Waals surface area contributed by atoms with E-state index in [0.717, 1.165) is 32.1 Å². The molecule has 0 radical (unpaired) electrons. The van der Waals surface area contributed by atoms with Gasteiger partial charge in [0.05, 0.1) is 0 Å². The minimum Gasteiger partial charge on any atom is -0.355 e. The molecule has 0 aromatic heterocycles. The Kier molecular flexibility index (Phi) is 17.9. The Morgan fingerprint density at radius 1 is 0.875 bits per heavy atom. The topological polar surface area (TPSA) is 46.2 Å². The van der Waals surface area contributed by atoms with Crippen LogP contribution < -0.4 is 5.32 Å². The van der Waals surface area contributed by atoms with Crippen molar-refractivity contribution in [3.8, 4) is 0 Å². The maximum atomic E-state index is 11.7. The quantitative estimate of drug-likeness (QED) is 0.210. The van der Waals surface area contributed by atoms with Crippen molar-refractivity contribution in [2.75, 3.05) is 12.4 Å². The fourth-order valence-corrected chi connectivity index (χ4v) is 2.65. The fourth-order valence-electron chi connectivity index (χ4n) is 2.55. The monoisotopic (exact) mass is 357 g/mol. The molecule has 0 atom stereocenters. The second-order valence-corrected chi connectivity index (χ2v) is 6.76. The van der Waals surface area contributed by atoms with Gasteiger partial charge >= 0.3 is 0 Å². The zero-order valence-electron chi connectivity index (χ0n) is 15.5. The van der Waals surface area contributed by atoms with Crippen LogP contribution in [0, 0.1) is 0 Å². The van der Waals surface area contributed by atoms with E-state index < -0.39 is 0 Å². The fraction of sp³-hybridized carbons (Fsp3) is 0.800. The number of amides is 1. The van der Waals surface area contributed by atoms with Gasteiger partial charge < -0.3 is 5.32 Å².